The Kier molecular flexibility index (Phi) is 6.54. The molecule has 1 aliphatic heterocycles. The molecule has 0 aliphatic carbocycles. The zero-order valence-corrected chi connectivity index (χ0v) is 17.2. The van der Waals surface area contributed by atoms with Crippen molar-refractivity contribution in [1.29, 1.82) is 0 Å². The van der Waals surface area contributed by atoms with Gasteiger partial charge in [0.05, 0.1) is 12.9 Å². The van der Waals surface area contributed by atoms with Gasteiger partial charge >= 0.3 is 5.97 Å². The monoisotopic (exact) mass is 459 g/mol. The van der Waals surface area contributed by atoms with Crippen molar-refractivity contribution >= 4 is 36.7 Å². The number of amides is 1. The first kappa shape index (κ1) is 23.0. The third-order valence-electron chi connectivity index (χ3n) is 4.41. The smallest absolute Gasteiger partial charge is 0.328 e. The third-order valence-corrected chi connectivity index (χ3v) is 4.92. The molecule has 31 heavy (non-hydrogen) atoms. The number of aromatic nitrogens is 4. The SMILES string of the molecule is CC(=O)NC(C)C(=O)O[C@@H]1[C@H](OP(=O)([O-])O)[C@@H](CO)O[C@H]1n1cnc2c(N)ncnc21. The number of nitrogen functional groups attached to an aromatic ring is 1. The second-order valence-electron chi connectivity index (χ2n) is 6.69. The molecule has 1 saturated heterocycles. The first-order valence-electron chi connectivity index (χ1n) is 8.91. The summed E-state index contributed by atoms with van der Waals surface area (Å²) in [6.45, 7) is 1.80. The van der Waals surface area contributed by atoms with E-state index in [9.17, 15) is 29.0 Å². The van der Waals surface area contributed by atoms with Gasteiger partial charge in [0.25, 0.3) is 7.82 Å². The van der Waals surface area contributed by atoms with Crippen LogP contribution in [0.4, 0.5) is 5.82 Å². The summed E-state index contributed by atoms with van der Waals surface area (Å²) in [5, 5.41) is 12.0. The van der Waals surface area contributed by atoms with Crippen LogP contribution >= 0.6 is 7.82 Å². The van der Waals surface area contributed by atoms with E-state index in [1.165, 1.54) is 24.7 Å². The number of hydrogen-bond acceptors (Lipinski definition) is 12. The average Bonchev–Trinajstić information content (AvgIpc) is 3.22. The number of nitrogens with one attached hydrogen (secondary N) is 1. The lowest BCUT2D eigenvalue weighted by Crippen LogP contribution is -2.44. The molecular weight excluding hydrogens is 439 g/mol. The second kappa shape index (κ2) is 8.82. The summed E-state index contributed by atoms with van der Waals surface area (Å²) in [7, 11) is -5.32. The highest BCUT2D eigenvalue weighted by Gasteiger charge is 2.50. The van der Waals surface area contributed by atoms with E-state index in [0.29, 0.717) is 0 Å². The van der Waals surface area contributed by atoms with Gasteiger partial charge in [0, 0.05) is 6.92 Å². The van der Waals surface area contributed by atoms with Crippen molar-refractivity contribution in [1.82, 2.24) is 24.8 Å². The van der Waals surface area contributed by atoms with Crippen LogP contribution < -0.4 is 15.9 Å². The zero-order chi connectivity index (χ0) is 22.9. The summed E-state index contributed by atoms with van der Waals surface area (Å²) >= 11 is 0. The van der Waals surface area contributed by atoms with Crippen molar-refractivity contribution in [2.75, 3.05) is 12.3 Å². The van der Waals surface area contributed by atoms with Crippen molar-refractivity contribution in [3.8, 4) is 0 Å². The molecule has 16 heteroatoms. The number of aliphatic hydroxyl groups is 1. The van der Waals surface area contributed by atoms with Crippen LogP contribution in [0, 0.1) is 0 Å². The minimum Gasteiger partial charge on any atom is -0.756 e. The van der Waals surface area contributed by atoms with Gasteiger partial charge in [0.2, 0.25) is 5.91 Å². The fourth-order valence-corrected chi connectivity index (χ4v) is 3.71. The van der Waals surface area contributed by atoms with Crippen LogP contribution in [0.5, 0.6) is 0 Å². The lowest BCUT2D eigenvalue weighted by atomic mass is 10.1. The maximum Gasteiger partial charge on any atom is 0.328 e. The molecule has 1 aliphatic rings. The molecule has 2 aromatic rings. The molecule has 2 unspecified atom stereocenters. The van der Waals surface area contributed by atoms with Crippen LogP contribution in [-0.4, -0.2) is 72.4 Å². The number of carbonyl (C=O) groups excluding carboxylic acids is 2. The maximum absolute atomic E-state index is 12.5. The minimum atomic E-state index is -5.32. The van der Waals surface area contributed by atoms with E-state index in [1.54, 1.807) is 0 Å². The Morgan fingerprint density at radius 3 is 2.74 bits per heavy atom. The van der Waals surface area contributed by atoms with Gasteiger partial charge in [-0.15, -0.1) is 0 Å². The Bertz CT molecular complexity index is 1030. The molecule has 0 aromatic carbocycles. The Labute approximate surface area is 174 Å². The molecule has 0 radical (unpaired) electrons. The molecule has 6 atom stereocenters. The lowest BCUT2D eigenvalue weighted by Gasteiger charge is -2.28. The number of hydrogen-bond donors (Lipinski definition) is 4. The number of fused-ring (bicyclic) bond motifs is 1. The number of ether oxygens (including phenoxy) is 2. The lowest BCUT2D eigenvalue weighted by molar-refractivity contribution is -0.229. The van der Waals surface area contributed by atoms with Crippen LogP contribution in [0.2, 0.25) is 0 Å². The molecule has 5 N–H and O–H groups in total. The largest absolute Gasteiger partial charge is 0.756 e. The molecule has 1 amide bonds. The molecule has 0 saturated carbocycles. The van der Waals surface area contributed by atoms with Gasteiger partial charge < -0.3 is 39.9 Å². The summed E-state index contributed by atoms with van der Waals surface area (Å²) in [6, 6.07) is -1.10. The average molecular weight is 459 g/mol. The number of nitrogens with two attached hydrogens (primary N) is 1. The zero-order valence-electron chi connectivity index (χ0n) is 16.3. The van der Waals surface area contributed by atoms with Gasteiger partial charge in [-0.3, -0.25) is 13.9 Å². The molecule has 3 heterocycles. The van der Waals surface area contributed by atoms with Crippen LogP contribution in [0.3, 0.4) is 0 Å². The van der Waals surface area contributed by atoms with Gasteiger partial charge in [-0.25, -0.2) is 19.7 Å². The summed E-state index contributed by atoms with van der Waals surface area (Å²) in [4.78, 5) is 56.2. The molecular formula is C15H20N6O9P-. The fraction of sp³-hybridized carbons (Fsp3) is 0.533. The second-order valence-corrected chi connectivity index (χ2v) is 7.84. The Morgan fingerprint density at radius 1 is 1.42 bits per heavy atom. The van der Waals surface area contributed by atoms with E-state index < -0.39 is 56.9 Å². The predicted molar refractivity (Wildman–Crippen MR) is 98.6 cm³/mol. The van der Waals surface area contributed by atoms with E-state index in [2.05, 4.69) is 24.8 Å². The highest BCUT2D eigenvalue weighted by atomic mass is 31.2. The van der Waals surface area contributed by atoms with Gasteiger partial charge in [0.1, 0.15) is 30.1 Å². The maximum atomic E-state index is 12.5. The molecule has 15 nitrogen and oxygen atoms in total. The molecule has 3 rings (SSSR count). The third kappa shape index (κ3) is 4.98. The number of aliphatic hydroxyl groups excluding tert-OH is 1. The summed E-state index contributed by atoms with van der Waals surface area (Å²) < 4.78 is 28.3. The van der Waals surface area contributed by atoms with Gasteiger partial charge in [-0.05, 0) is 6.92 Å². The molecule has 1 fully saturated rings. The standard InChI is InChI=1S/C15H21N6O9P/c1-6(20-7(2)23)15(24)29-11-10(30-31(25,26)27)8(3-22)28-14(11)21-5-19-9-12(16)17-4-18-13(9)21/h4-6,8,10-11,14,22H,3H2,1-2H3,(H,20,23)(H2,16,17,18)(H2,25,26,27)/p-1/t6?,8-,10-,11-,14-/m1/s1. The minimum absolute atomic E-state index is 0.0560. The van der Waals surface area contributed by atoms with E-state index in [4.69, 9.17) is 15.2 Å². The normalized spacial score (nSPS) is 26.4. The highest BCUT2D eigenvalue weighted by Crippen LogP contribution is 2.43. The van der Waals surface area contributed by atoms with E-state index in [1.807, 2.05) is 0 Å². The van der Waals surface area contributed by atoms with Crippen LogP contribution in [0.1, 0.15) is 20.1 Å². The van der Waals surface area contributed by atoms with Crippen LogP contribution in [0.15, 0.2) is 12.7 Å². The first-order chi connectivity index (χ1) is 14.5. The molecule has 0 bridgehead atoms. The number of imidazole rings is 1. The van der Waals surface area contributed by atoms with Gasteiger partial charge in [-0.2, -0.15) is 0 Å². The highest BCUT2D eigenvalue weighted by molar-refractivity contribution is 7.44. The van der Waals surface area contributed by atoms with Gasteiger partial charge in [0.15, 0.2) is 23.8 Å². The van der Waals surface area contributed by atoms with E-state index in [-0.39, 0.29) is 17.0 Å². The first-order valence-corrected chi connectivity index (χ1v) is 10.4. The summed E-state index contributed by atoms with van der Waals surface area (Å²) in [5.74, 6) is -1.39. The Hall–Kier alpha value is -2.68. The number of nitrogens with zero attached hydrogens (tertiary/aromatic N) is 4. The van der Waals surface area contributed by atoms with E-state index >= 15 is 0 Å². The quantitative estimate of drug-likeness (QED) is 0.250. The number of carbonyl (C=O) groups is 2. The van der Waals surface area contributed by atoms with Crippen molar-refractivity contribution < 1.29 is 43.0 Å². The summed E-state index contributed by atoms with van der Waals surface area (Å²) in [6.07, 6.45) is -3.31. The van der Waals surface area contributed by atoms with Crippen molar-refractivity contribution in [2.45, 2.75) is 44.4 Å². The number of phosphoric ester groups is 1. The predicted octanol–water partition coefficient (Wildman–Crippen LogP) is -2.42. The summed E-state index contributed by atoms with van der Waals surface area (Å²) in [5.41, 5.74) is 6.13. The topological polar surface area (TPSA) is 224 Å². The van der Waals surface area contributed by atoms with Crippen molar-refractivity contribution in [3.63, 3.8) is 0 Å². The van der Waals surface area contributed by atoms with Gasteiger partial charge in [-0.1, -0.05) is 0 Å². The Balaban J connectivity index is 2.00. The molecule has 170 valence electrons. The van der Waals surface area contributed by atoms with Crippen molar-refractivity contribution in [3.05, 3.63) is 12.7 Å². The number of rotatable bonds is 7. The van der Waals surface area contributed by atoms with Crippen molar-refractivity contribution in [2.24, 2.45) is 0 Å². The number of anilines is 1. The number of esters is 1. The fourth-order valence-electron chi connectivity index (χ4n) is 3.14. The van der Waals surface area contributed by atoms with E-state index in [0.717, 1.165) is 6.33 Å². The molecule has 0 spiro atoms. The Morgan fingerprint density at radius 2 is 2.13 bits per heavy atom. The van der Waals surface area contributed by atoms with Crippen LogP contribution in [0.25, 0.3) is 11.2 Å². The van der Waals surface area contributed by atoms with Crippen LogP contribution in [-0.2, 0) is 28.2 Å². The molecule has 2 aromatic heterocycles. The number of phosphoric acid groups is 1.